The zero-order valence-corrected chi connectivity index (χ0v) is 16.5. The Kier molecular flexibility index (Phi) is 4.37. The fourth-order valence-electron chi connectivity index (χ4n) is 4.77. The molecule has 2 amide bonds. The molecule has 0 spiro atoms. The van der Waals surface area contributed by atoms with Crippen LogP contribution in [0.5, 0.6) is 5.75 Å². The summed E-state index contributed by atoms with van der Waals surface area (Å²) in [4.78, 5) is 40.3. The van der Waals surface area contributed by atoms with Crippen molar-refractivity contribution in [2.75, 3.05) is 6.61 Å². The van der Waals surface area contributed by atoms with Crippen LogP contribution >= 0.6 is 0 Å². The summed E-state index contributed by atoms with van der Waals surface area (Å²) in [7, 11) is 0. The number of amides is 2. The molecular formula is C21H19F2N3O5. The van der Waals surface area contributed by atoms with Crippen LogP contribution in [0.3, 0.4) is 0 Å². The first kappa shape index (κ1) is 19.7. The van der Waals surface area contributed by atoms with E-state index in [0.717, 1.165) is 6.07 Å². The highest BCUT2D eigenvalue weighted by Gasteiger charge is 2.51. The molecule has 1 aromatic carbocycles. The molecule has 3 aliphatic rings. The lowest BCUT2D eigenvalue weighted by molar-refractivity contribution is -0.0144. The molecule has 2 N–H and O–H groups in total. The first-order valence-electron chi connectivity index (χ1n) is 9.96. The Labute approximate surface area is 175 Å². The van der Waals surface area contributed by atoms with Gasteiger partial charge in [-0.15, -0.1) is 0 Å². The largest absolute Gasteiger partial charge is 0.503 e. The number of benzene rings is 1. The first-order chi connectivity index (χ1) is 14.8. The minimum atomic E-state index is -0.946. The quantitative estimate of drug-likeness (QED) is 0.766. The van der Waals surface area contributed by atoms with Crippen molar-refractivity contribution in [1.29, 1.82) is 0 Å². The van der Waals surface area contributed by atoms with Crippen LogP contribution in [0.2, 0.25) is 0 Å². The highest BCUT2D eigenvalue weighted by Crippen LogP contribution is 2.43. The molecule has 2 unspecified atom stereocenters. The third-order valence-corrected chi connectivity index (χ3v) is 6.20. The number of carbonyl (C=O) groups excluding carboxylic acids is 2. The van der Waals surface area contributed by atoms with E-state index in [2.05, 4.69) is 5.32 Å². The average Bonchev–Trinajstić information content (AvgIpc) is 3.31. The molecule has 3 aliphatic heterocycles. The summed E-state index contributed by atoms with van der Waals surface area (Å²) < 4.78 is 34.3. The van der Waals surface area contributed by atoms with Gasteiger partial charge in [-0.2, -0.15) is 0 Å². The van der Waals surface area contributed by atoms with Crippen LogP contribution < -0.4 is 10.7 Å². The molecule has 8 nitrogen and oxygen atoms in total. The molecule has 2 aromatic rings. The van der Waals surface area contributed by atoms with Gasteiger partial charge in [-0.25, -0.2) is 8.78 Å². The van der Waals surface area contributed by atoms with Gasteiger partial charge in [0, 0.05) is 23.9 Å². The van der Waals surface area contributed by atoms with Crippen molar-refractivity contribution in [1.82, 2.24) is 14.8 Å². The van der Waals surface area contributed by atoms with Crippen molar-refractivity contribution < 1.29 is 28.2 Å². The molecule has 4 heterocycles. The number of rotatable bonds is 3. The minimum Gasteiger partial charge on any atom is -0.503 e. The maximum Gasteiger partial charge on any atom is 0.276 e. The lowest BCUT2D eigenvalue weighted by atomic mass is 10.1. The van der Waals surface area contributed by atoms with Crippen molar-refractivity contribution in [2.45, 2.75) is 44.6 Å². The number of hydrogen-bond donors (Lipinski definition) is 2. The highest BCUT2D eigenvalue weighted by molar-refractivity contribution is 6.00. The van der Waals surface area contributed by atoms with Gasteiger partial charge in [0.1, 0.15) is 17.2 Å². The molecule has 5 rings (SSSR count). The second kappa shape index (κ2) is 6.88. The zero-order chi connectivity index (χ0) is 22.0. The van der Waals surface area contributed by atoms with E-state index in [-0.39, 0.29) is 35.4 Å². The number of pyridine rings is 1. The molecule has 31 heavy (non-hydrogen) atoms. The topological polar surface area (TPSA) is 101 Å². The minimum absolute atomic E-state index is 0.0468. The van der Waals surface area contributed by atoms with Crippen LogP contribution in [0.1, 0.15) is 51.5 Å². The van der Waals surface area contributed by atoms with Gasteiger partial charge in [0.25, 0.3) is 11.8 Å². The van der Waals surface area contributed by atoms with Crippen molar-refractivity contribution >= 4 is 11.8 Å². The molecule has 1 aromatic heterocycles. The first-order valence-corrected chi connectivity index (χ1v) is 9.96. The predicted octanol–water partition coefficient (Wildman–Crippen LogP) is 1.45. The van der Waals surface area contributed by atoms with Crippen LogP contribution in [-0.4, -0.2) is 45.3 Å². The molecule has 0 saturated carbocycles. The standard InChI is InChI=1S/C21H19F2N3O5/c1-9-8-31-21-14-5-4-13-15(17(27)18(28)16(26(13)14)20(30)25(9)21)19(29)24-7-10-2-3-11(22)6-12(10)23/h2-3,6,9,14,21,28H,4-5,7-8H2,1H3,(H,24,29)/t9-,14?,21?/m0/s1. The van der Waals surface area contributed by atoms with Crippen LogP contribution in [0, 0.1) is 11.6 Å². The van der Waals surface area contributed by atoms with Crippen molar-refractivity contribution in [3.8, 4) is 5.75 Å². The van der Waals surface area contributed by atoms with Crippen molar-refractivity contribution in [3.05, 3.63) is 62.6 Å². The van der Waals surface area contributed by atoms with Crippen LogP contribution in [-0.2, 0) is 17.7 Å². The molecule has 10 heteroatoms. The summed E-state index contributed by atoms with van der Waals surface area (Å²) in [5, 5.41) is 13.0. The summed E-state index contributed by atoms with van der Waals surface area (Å²) >= 11 is 0. The molecule has 0 bridgehead atoms. The third-order valence-electron chi connectivity index (χ3n) is 6.20. The number of carbonyl (C=O) groups is 2. The summed E-state index contributed by atoms with van der Waals surface area (Å²) in [6.07, 6.45) is 0.350. The Hall–Kier alpha value is -3.27. The molecule has 3 atom stereocenters. The van der Waals surface area contributed by atoms with Gasteiger partial charge in [0.15, 0.2) is 17.7 Å². The van der Waals surface area contributed by atoms with E-state index in [1.165, 1.54) is 11.0 Å². The van der Waals surface area contributed by atoms with Crippen molar-refractivity contribution in [2.24, 2.45) is 0 Å². The number of nitrogens with one attached hydrogen (secondary N) is 1. The van der Waals surface area contributed by atoms with Crippen LogP contribution in [0.25, 0.3) is 0 Å². The van der Waals surface area contributed by atoms with Crippen molar-refractivity contribution in [3.63, 3.8) is 0 Å². The number of fused-ring (bicyclic) bond motifs is 2. The summed E-state index contributed by atoms with van der Waals surface area (Å²) in [6.45, 7) is 1.90. The van der Waals surface area contributed by atoms with E-state index < -0.39 is 40.9 Å². The number of ether oxygens (including phenoxy) is 1. The monoisotopic (exact) mass is 431 g/mol. The Morgan fingerprint density at radius 3 is 2.84 bits per heavy atom. The lowest BCUT2D eigenvalue weighted by Crippen LogP contribution is -2.50. The Balaban J connectivity index is 1.54. The van der Waals surface area contributed by atoms with E-state index in [4.69, 9.17) is 4.74 Å². The molecular weight excluding hydrogens is 412 g/mol. The highest BCUT2D eigenvalue weighted by atomic mass is 19.1. The van der Waals surface area contributed by atoms with Gasteiger partial charge in [0.2, 0.25) is 5.43 Å². The van der Waals surface area contributed by atoms with Gasteiger partial charge in [-0.05, 0) is 25.8 Å². The van der Waals surface area contributed by atoms with E-state index in [0.29, 0.717) is 31.2 Å². The number of aromatic nitrogens is 1. The van der Waals surface area contributed by atoms with E-state index in [1.54, 1.807) is 4.57 Å². The van der Waals surface area contributed by atoms with Gasteiger partial charge in [-0.1, -0.05) is 6.07 Å². The van der Waals surface area contributed by atoms with Gasteiger partial charge >= 0.3 is 0 Å². The second-order valence-corrected chi connectivity index (χ2v) is 8.03. The van der Waals surface area contributed by atoms with Gasteiger partial charge in [0.05, 0.1) is 18.7 Å². The molecule has 162 valence electrons. The molecule has 1 saturated heterocycles. The maximum absolute atomic E-state index is 13.9. The van der Waals surface area contributed by atoms with Gasteiger partial charge < -0.3 is 24.6 Å². The number of nitrogens with zero attached hydrogens (tertiary/aromatic N) is 2. The summed E-state index contributed by atoms with van der Waals surface area (Å²) in [5.74, 6) is -3.66. The van der Waals surface area contributed by atoms with E-state index in [1.807, 2.05) is 6.92 Å². The average molecular weight is 431 g/mol. The molecule has 0 radical (unpaired) electrons. The fourth-order valence-corrected chi connectivity index (χ4v) is 4.77. The predicted molar refractivity (Wildman–Crippen MR) is 103 cm³/mol. The van der Waals surface area contributed by atoms with E-state index >= 15 is 0 Å². The Bertz CT molecular complexity index is 1190. The number of aromatic hydroxyl groups is 1. The zero-order valence-electron chi connectivity index (χ0n) is 16.5. The summed E-state index contributed by atoms with van der Waals surface area (Å²) in [6, 6.07) is 2.45. The number of halogens is 2. The molecule has 1 fully saturated rings. The van der Waals surface area contributed by atoms with E-state index in [9.17, 15) is 28.3 Å². The Morgan fingerprint density at radius 2 is 2.10 bits per heavy atom. The second-order valence-electron chi connectivity index (χ2n) is 8.03. The SMILES string of the molecule is C[C@H]1COC2C3CCc4c(C(=O)NCc5ccc(F)cc5F)c(=O)c(O)c(n43)C(=O)N21. The number of hydrogen-bond acceptors (Lipinski definition) is 5. The smallest absolute Gasteiger partial charge is 0.276 e. The normalized spacial score (nSPS) is 23.6. The van der Waals surface area contributed by atoms with Crippen LogP contribution in [0.15, 0.2) is 23.0 Å². The molecule has 0 aliphatic carbocycles. The fraction of sp³-hybridized carbons (Fsp3) is 0.381. The van der Waals surface area contributed by atoms with Crippen LogP contribution in [0.4, 0.5) is 8.78 Å². The van der Waals surface area contributed by atoms with Gasteiger partial charge in [-0.3, -0.25) is 14.4 Å². The Morgan fingerprint density at radius 1 is 1.32 bits per heavy atom. The lowest BCUT2D eigenvalue weighted by Gasteiger charge is -2.38. The summed E-state index contributed by atoms with van der Waals surface area (Å²) in [5.41, 5.74) is -0.962. The maximum atomic E-state index is 13.9. The third kappa shape index (κ3) is 2.78.